The molecule has 1 aromatic heterocycles. The second kappa shape index (κ2) is 5.00. The van der Waals surface area contributed by atoms with Gasteiger partial charge >= 0.3 is 0 Å². The first-order chi connectivity index (χ1) is 10.7. The van der Waals surface area contributed by atoms with Crippen molar-refractivity contribution in [1.29, 1.82) is 0 Å². The first-order valence-corrected chi connectivity index (χ1v) is 7.23. The fourth-order valence-corrected chi connectivity index (χ4v) is 2.63. The summed E-state index contributed by atoms with van der Waals surface area (Å²) >= 11 is 5.88. The number of hydrogen-bond donors (Lipinski definition) is 1. The first-order valence-electron chi connectivity index (χ1n) is 6.85. The summed E-state index contributed by atoms with van der Waals surface area (Å²) in [4.78, 5) is 19.6. The molecule has 0 aliphatic carbocycles. The predicted octanol–water partition coefficient (Wildman–Crippen LogP) is 3.79. The average Bonchev–Trinajstić information content (AvgIpc) is 2.54. The quantitative estimate of drug-likeness (QED) is 0.582. The summed E-state index contributed by atoms with van der Waals surface area (Å²) in [6.07, 6.45) is 0.523. The van der Waals surface area contributed by atoms with Gasteiger partial charge in [0.2, 0.25) is 5.88 Å². The van der Waals surface area contributed by atoms with Crippen LogP contribution in [0.2, 0.25) is 5.02 Å². The van der Waals surface area contributed by atoms with Gasteiger partial charge in [0.25, 0.3) is 5.56 Å². The number of nitrogens with zero attached hydrogens (tertiary/aromatic N) is 1. The number of aromatic nitrogens is 2. The van der Waals surface area contributed by atoms with Gasteiger partial charge in [-0.3, -0.25) is 4.79 Å². The monoisotopic (exact) mass is 310 g/mol. The van der Waals surface area contributed by atoms with Crippen molar-refractivity contribution in [3.05, 3.63) is 75.0 Å². The smallest absolute Gasteiger partial charge is 0.258 e. The molecule has 0 saturated carbocycles. The fraction of sp³-hybridized carbons (Fsp3) is 0.0588. The molecule has 5 heteroatoms. The summed E-state index contributed by atoms with van der Waals surface area (Å²) in [5.41, 5.74) is 2.15. The Bertz CT molecular complexity index is 917. The number of rotatable bonds is 1. The maximum Gasteiger partial charge on any atom is 0.258 e. The third-order valence-electron chi connectivity index (χ3n) is 3.64. The summed E-state index contributed by atoms with van der Waals surface area (Å²) in [7, 11) is 0. The highest BCUT2D eigenvalue weighted by molar-refractivity contribution is 6.30. The van der Waals surface area contributed by atoms with Crippen LogP contribution in [0.3, 0.4) is 0 Å². The SMILES string of the molecule is O=c1[nH]c(-c2ccc(Cl)cc2)nc2c1Cc1ccccc1O2. The van der Waals surface area contributed by atoms with E-state index in [-0.39, 0.29) is 5.56 Å². The largest absolute Gasteiger partial charge is 0.438 e. The van der Waals surface area contributed by atoms with Crippen LogP contribution in [0.5, 0.6) is 11.6 Å². The molecule has 0 amide bonds. The van der Waals surface area contributed by atoms with Crippen molar-refractivity contribution in [1.82, 2.24) is 9.97 Å². The van der Waals surface area contributed by atoms with E-state index < -0.39 is 0 Å². The number of H-pyrrole nitrogens is 1. The first kappa shape index (κ1) is 13.1. The number of nitrogens with one attached hydrogen (secondary N) is 1. The maximum absolute atomic E-state index is 12.3. The number of hydrogen-bond acceptors (Lipinski definition) is 3. The van der Waals surface area contributed by atoms with Crippen LogP contribution in [0.25, 0.3) is 11.4 Å². The normalized spacial score (nSPS) is 12.2. The van der Waals surface area contributed by atoms with Gasteiger partial charge in [-0.05, 0) is 35.9 Å². The van der Waals surface area contributed by atoms with Crippen LogP contribution >= 0.6 is 11.6 Å². The van der Waals surface area contributed by atoms with E-state index in [2.05, 4.69) is 9.97 Å². The Hall–Kier alpha value is -2.59. The van der Waals surface area contributed by atoms with Gasteiger partial charge in [-0.25, -0.2) is 0 Å². The Balaban J connectivity index is 1.82. The number of halogens is 1. The van der Waals surface area contributed by atoms with Crippen LogP contribution in [0, 0.1) is 0 Å². The lowest BCUT2D eigenvalue weighted by Gasteiger charge is -2.18. The van der Waals surface area contributed by atoms with Crippen molar-refractivity contribution in [2.45, 2.75) is 6.42 Å². The molecule has 2 aromatic carbocycles. The highest BCUT2D eigenvalue weighted by Gasteiger charge is 2.21. The van der Waals surface area contributed by atoms with Crippen LogP contribution in [0.15, 0.2) is 53.3 Å². The van der Waals surface area contributed by atoms with E-state index >= 15 is 0 Å². The molecule has 0 spiro atoms. The van der Waals surface area contributed by atoms with Gasteiger partial charge in [-0.15, -0.1) is 0 Å². The summed E-state index contributed by atoms with van der Waals surface area (Å²) in [5.74, 6) is 1.59. The molecule has 2 heterocycles. The molecule has 108 valence electrons. The van der Waals surface area contributed by atoms with E-state index in [9.17, 15) is 4.79 Å². The summed E-state index contributed by atoms with van der Waals surface area (Å²) < 4.78 is 5.79. The van der Waals surface area contributed by atoms with Crippen LogP contribution in [0.1, 0.15) is 11.1 Å². The van der Waals surface area contributed by atoms with E-state index in [0.29, 0.717) is 28.7 Å². The highest BCUT2D eigenvalue weighted by Crippen LogP contribution is 2.33. The molecule has 0 bridgehead atoms. The standard InChI is InChI=1S/C17H11ClN2O2/c18-12-7-5-10(6-8-12)15-19-16(21)13-9-11-3-1-2-4-14(11)22-17(13)20-15/h1-8H,9H2,(H,19,20,21). The lowest BCUT2D eigenvalue weighted by atomic mass is 10.0. The molecular weight excluding hydrogens is 300 g/mol. The van der Waals surface area contributed by atoms with Gasteiger partial charge in [0, 0.05) is 17.0 Å². The van der Waals surface area contributed by atoms with Crippen molar-refractivity contribution in [3.63, 3.8) is 0 Å². The van der Waals surface area contributed by atoms with Gasteiger partial charge < -0.3 is 9.72 Å². The summed E-state index contributed by atoms with van der Waals surface area (Å²) in [5, 5.41) is 0.634. The lowest BCUT2D eigenvalue weighted by Crippen LogP contribution is -2.20. The minimum atomic E-state index is -0.176. The number of aromatic amines is 1. The van der Waals surface area contributed by atoms with Gasteiger partial charge in [-0.2, -0.15) is 4.98 Å². The zero-order chi connectivity index (χ0) is 15.1. The Kier molecular flexibility index (Phi) is 2.98. The van der Waals surface area contributed by atoms with Gasteiger partial charge in [0.05, 0.1) is 5.56 Å². The third kappa shape index (κ3) is 2.18. The predicted molar refractivity (Wildman–Crippen MR) is 84.6 cm³/mol. The van der Waals surface area contributed by atoms with Crippen LogP contribution < -0.4 is 10.3 Å². The Morgan fingerprint density at radius 2 is 1.86 bits per heavy atom. The lowest BCUT2D eigenvalue weighted by molar-refractivity contribution is 0.438. The van der Waals surface area contributed by atoms with E-state index in [0.717, 1.165) is 16.9 Å². The third-order valence-corrected chi connectivity index (χ3v) is 3.89. The maximum atomic E-state index is 12.3. The molecule has 0 saturated heterocycles. The number of benzene rings is 2. The summed E-state index contributed by atoms with van der Waals surface area (Å²) in [6, 6.07) is 14.8. The average molecular weight is 311 g/mol. The molecule has 22 heavy (non-hydrogen) atoms. The van der Waals surface area contributed by atoms with Crippen molar-refractivity contribution in [3.8, 4) is 23.0 Å². The fourth-order valence-electron chi connectivity index (χ4n) is 2.51. The molecule has 4 nitrogen and oxygen atoms in total. The van der Waals surface area contributed by atoms with Crippen LogP contribution in [-0.2, 0) is 6.42 Å². The molecule has 0 unspecified atom stereocenters. The van der Waals surface area contributed by atoms with E-state index in [1.165, 1.54) is 0 Å². The summed E-state index contributed by atoms with van der Waals surface area (Å²) in [6.45, 7) is 0. The van der Waals surface area contributed by atoms with E-state index in [1.807, 2.05) is 36.4 Å². The number of fused-ring (bicyclic) bond motifs is 2. The Morgan fingerprint density at radius 1 is 1.09 bits per heavy atom. The second-order valence-corrected chi connectivity index (χ2v) is 5.53. The molecule has 1 N–H and O–H groups in total. The second-order valence-electron chi connectivity index (χ2n) is 5.09. The zero-order valence-corrected chi connectivity index (χ0v) is 12.2. The molecule has 4 rings (SSSR count). The van der Waals surface area contributed by atoms with Crippen molar-refractivity contribution < 1.29 is 4.74 Å². The molecular formula is C17H11ClN2O2. The topological polar surface area (TPSA) is 55.0 Å². The van der Waals surface area contributed by atoms with E-state index in [4.69, 9.17) is 16.3 Å². The van der Waals surface area contributed by atoms with Gasteiger partial charge in [0.1, 0.15) is 11.6 Å². The van der Waals surface area contributed by atoms with Gasteiger partial charge in [0.15, 0.2) is 0 Å². The minimum absolute atomic E-state index is 0.176. The number of ether oxygens (including phenoxy) is 1. The van der Waals surface area contributed by atoms with E-state index in [1.54, 1.807) is 12.1 Å². The molecule has 0 radical (unpaired) electrons. The van der Waals surface area contributed by atoms with Crippen LogP contribution in [0.4, 0.5) is 0 Å². The molecule has 0 fully saturated rings. The molecule has 1 aliphatic heterocycles. The molecule has 0 atom stereocenters. The van der Waals surface area contributed by atoms with Crippen LogP contribution in [-0.4, -0.2) is 9.97 Å². The molecule has 1 aliphatic rings. The Morgan fingerprint density at radius 3 is 2.68 bits per heavy atom. The van der Waals surface area contributed by atoms with Crippen molar-refractivity contribution in [2.75, 3.05) is 0 Å². The zero-order valence-electron chi connectivity index (χ0n) is 11.5. The minimum Gasteiger partial charge on any atom is -0.438 e. The number of para-hydroxylation sites is 1. The van der Waals surface area contributed by atoms with Crippen molar-refractivity contribution >= 4 is 11.6 Å². The molecule has 3 aromatic rings. The Labute approximate surface area is 131 Å². The van der Waals surface area contributed by atoms with Crippen molar-refractivity contribution in [2.24, 2.45) is 0 Å². The highest BCUT2D eigenvalue weighted by atomic mass is 35.5. The van der Waals surface area contributed by atoms with Gasteiger partial charge in [-0.1, -0.05) is 29.8 Å².